The van der Waals surface area contributed by atoms with Gasteiger partial charge in [-0.3, -0.25) is 0 Å². The van der Waals surface area contributed by atoms with E-state index in [9.17, 15) is 0 Å². The van der Waals surface area contributed by atoms with Crippen LogP contribution < -0.4 is 11.1 Å². The molecule has 0 spiro atoms. The molecule has 3 rings (SSSR count). The molecule has 0 aliphatic heterocycles. The van der Waals surface area contributed by atoms with Gasteiger partial charge in [0, 0.05) is 28.4 Å². The fraction of sp³-hybridized carbons (Fsp3) is 0.167. The molecular weight excluding hydrogens is 216 g/mol. The van der Waals surface area contributed by atoms with E-state index in [1.54, 1.807) is 0 Å². The summed E-state index contributed by atoms with van der Waals surface area (Å²) in [6, 6.07) is 8.04. The van der Waals surface area contributed by atoms with Crippen LogP contribution in [-0.4, -0.2) is 28.2 Å². The summed E-state index contributed by atoms with van der Waals surface area (Å²) in [4.78, 5) is 6.36. The topological polar surface area (TPSA) is 89.9 Å². The number of nitrogens with one attached hydrogen (secondary N) is 3. The summed E-state index contributed by atoms with van der Waals surface area (Å²) in [7, 11) is 0. The quantitative estimate of drug-likeness (QED) is 0.473. The molecule has 0 saturated carbocycles. The molecule has 5 nitrogen and oxygen atoms in total. The average molecular weight is 230 g/mol. The summed E-state index contributed by atoms with van der Waals surface area (Å²) < 4.78 is 0. The van der Waals surface area contributed by atoms with Gasteiger partial charge in [0.1, 0.15) is 11.6 Å². The summed E-state index contributed by atoms with van der Waals surface area (Å²) in [5.74, 6) is 1.58. The Morgan fingerprint density at radius 2 is 1.76 bits per heavy atom. The van der Waals surface area contributed by atoms with Gasteiger partial charge in [-0.1, -0.05) is 0 Å². The van der Waals surface area contributed by atoms with Crippen molar-refractivity contribution >= 4 is 33.4 Å². The third kappa shape index (κ3) is 1.70. The summed E-state index contributed by atoms with van der Waals surface area (Å²) >= 11 is 0. The van der Waals surface area contributed by atoms with Crippen LogP contribution in [0.2, 0.25) is 0 Å². The van der Waals surface area contributed by atoms with Crippen LogP contribution in [-0.2, 0) is 0 Å². The van der Waals surface area contributed by atoms with E-state index in [0.717, 1.165) is 27.6 Å². The van der Waals surface area contributed by atoms with Crippen molar-refractivity contribution in [1.29, 1.82) is 0 Å². The van der Waals surface area contributed by atoms with Crippen LogP contribution >= 0.6 is 0 Å². The molecule has 0 aliphatic rings. The molecule has 6 N–H and O–H groups in total. The van der Waals surface area contributed by atoms with E-state index in [2.05, 4.69) is 27.4 Å². The Hall–Kier alpha value is -2.14. The minimum absolute atomic E-state index is 0.118. The molecule has 0 fully saturated rings. The highest BCUT2D eigenvalue weighted by atomic mass is 16.3. The Balaban J connectivity index is 2.09. The number of anilines is 2. The van der Waals surface area contributed by atoms with Crippen molar-refractivity contribution in [3.05, 3.63) is 24.3 Å². The third-order valence-corrected chi connectivity index (χ3v) is 2.81. The van der Waals surface area contributed by atoms with Gasteiger partial charge in [0.15, 0.2) is 0 Å². The Morgan fingerprint density at radius 1 is 1.06 bits per heavy atom. The molecule has 0 saturated heterocycles. The lowest BCUT2D eigenvalue weighted by Gasteiger charge is -1.98. The van der Waals surface area contributed by atoms with Gasteiger partial charge in [0.05, 0.1) is 6.61 Å². The number of aliphatic hydroxyl groups excluding tert-OH is 1. The van der Waals surface area contributed by atoms with Crippen molar-refractivity contribution in [2.45, 2.75) is 0 Å². The highest BCUT2D eigenvalue weighted by Gasteiger charge is 2.04. The number of hydrogen-bond donors (Lipinski definition) is 5. The smallest absolute Gasteiger partial charge is 0.104 e. The monoisotopic (exact) mass is 230 g/mol. The molecule has 88 valence electrons. The lowest BCUT2D eigenvalue weighted by Crippen LogP contribution is -2.05. The fourth-order valence-corrected chi connectivity index (χ4v) is 2.07. The Labute approximate surface area is 97.6 Å². The minimum atomic E-state index is 0.118. The zero-order valence-corrected chi connectivity index (χ0v) is 9.25. The SMILES string of the molecule is Nc1cc2cc3[nH]c(NCCO)cc3cc2[nH]1. The van der Waals surface area contributed by atoms with E-state index in [4.69, 9.17) is 10.8 Å². The van der Waals surface area contributed by atoms with E-state index in [1.807, 2.05) is 12.1 Å². The molecule has 0 bridgehead atoms. The van der Waals surface area contributed by atoms with Gasteiger partial charge in [-0.15, -0.1) is 0 Å². The molecule has 0 unspecified atom stereocenters. The molecule has 2 heterocycles. The van der Waals surface area contributed by atoms with E-state index >= 15 is 0 Å². The van der Waals surface area contributed by atoms with E-state index in [0.29, 0.717) is 12.4 Å². The van der Waals surface area contributed by atoms with Crippen LogP contribution in [0.25, 0.3) is 21.8 Å². The van der Waals surface area contributed by atoms with Crippen LogP contribution in [0.5, 0.6) is 0 Å². The predicted molar refractivity (Wildman–Crippen MR) is 70.1 cm³/mol. The Bertz CT molecular complexity index is 617. The lowest BCUT2D eigenvalue weighted by atomic mass is 10.2. The number of nitrogen functional groups attached to an aromatic ring is 1. The number of aromatic amines is 2. The molecular formula is C12H14N4O. The Kier molecular flexibility index (Phi) is 2.19. The first-order valence-corrected chi connectivity index (χ1v) is 5.52. The van der Waals surface area contributed by atoms with Gasteiger partial charge in [0.2, 0.25) is 0 Å². The van der Waals surface area contributed by atoms with E-state index in [1.165, 1.54) is 0 Å². The first-order valence-electron chi connectivity index (χ1n) is 5.52. The van der Waals surface area contributed by atoms with E-state index < -0.39 is 0 Å². The van der Waals surface area contributed by atoms with Gasteiger partial charge in [0.25, 0.3) is 0 Å². The second-order valence-electron chi connectivity index (χ2n) is 4.08. The average Bonchev–Trinajstić information content (AvgIpc) is 2.83. The Morgan fingerprint density at radius 3 is 2.53 bits per heavy atom. The third-order valence-electron chi connectivity index (χ3n) is 2.81. The summed E-state index contributed by atoms with van der Waals surface area (Å²) in [5.41, 5.74) is 7.79. The zero-order chi connectivity index (χ0) is 11.8. The van der Waals surface area contributed by atoms with Gasteiger partial charge in [-0.2, -0.15) is 0 Å². The molecule has 0 aliphatic carbocycles. The first kappa shape index (κ1) is 10.0. The molecule has 0 atom stereocenters. The van der Waals surface area contributed by atoms with Gasteiger partial charge >= 0.3 is 0 Å². The van der Waals surface area contributed by atoms with Gasteiger partial charge < -0.3 is 26.1 Å². The second kappa shape index (κ2) is 3.71. The van der Waals surface area contributed by atoms with Crippen molar-refractivity contribution in [2.75, 3.05) is 24.2 Å². The van der Waals surface area contributed by atoms with Crippen molar-refractivity contribution in [2.24, 2.45) is 0 Å². The van der Waals surface area contributed by atoms with Crippen molar-refractivity contribution in [1.82, 2.24) is 9.97 Å². The largest absolute Gasteiger partial charge is 0.395 e. The zero-order valence-electron chi connectivity index (χ0n) is 9.25. The second-order valence-corrected chi connectivity index (χ2v) is 4.08. The predicted octanol–water partition coefficient (Wildman–Crippen LogP) is 1.64. The standard InChI is InChI=1S/C12H14N4O/c13-11-5-7-3-10-8(4-9(7)15-11)6-12(16-10)14-1-2-17/h3-6,14-17H,1-2,13H2. The van der Waals surface area contributed by atoms with Crippen LogP contribution in [0.3, 0.4) is 0 Å². The maximum Gasteiger partial charge on any atom is 0.104 e. The van der Waals surface area contributed by atoms with Crippen molar-refractivity contribution in [3.8, 4) is 0 Å². The maximum atomic E-state index is 8.76. The van der Waals surface area contributed by atoms with Crippen LogP contribution in [0, 0.1) is 0 Å². The first-order chi connectivity index (χ1) is 8.26. The molecule has 2 aromatic heterocycles. The van der Waals surface area contributed by atoms with Crippen molar-refractivity contribution in [3.63, 3.8) is 0 Å². The van der Waals surface area contributed by atoms with Crippen molar-refractivity contribution < 1.29 is 5.11 Å². The molecule has 3 aromatic rings. The van der Waals surface area contributed by atoms with E-state index in [-0.39, 0.29) is 6.61 Å². The highest BCUT2D eigenvalue weighted by molar-refractivity contribution is 5.98. The number of fused-ring (bicyclic) bond motifs is 2. The number of hydrogen-bond acceptors (Lipinski definition) is 3. The molecule has 0 amide bonds. The molecule has 17 heavy (non-hydrogen) atoms. The number of benzene rings is 1. The summed E-state index contributed by atoms with van der Waals surface area (Å²) in [6.45, 7) is 0.657. The molecule has 5 heteroatoms. The molecule has 1 aromatic carbocycles. The minimum Gasteiger partial charge on any atom is -0.395 e. The van der Waals surface area contributed by atoms with Gasteiger partial charge in [-0.25, -0.2) is 0 Å². The van der Waals surface area contributed by atoms with Crippen LogP contribution in [0.4, 0.5) is 11.6 Å². The molecule has 0 radical (unpaired) electrons. The van der Waals surface area contributed by atoms with Crippen LogP contribution in [0.15, 0.2) is 24.3 Å². The number of rotatable bonds is 3. The number of H-pyrrole nitrogens is 2. The van der Waals surface area contributed by atoms with Crippen LogP contribution in [0.1, 0.15) is 0 Å². The normalized spacial score (nSPS) is 11.4. The fourth-order valence-electron chi connectivity index (χ4n) is 2.07. The summed E-state index contributed by atoms with van der Waals surface area (Å²) in [5, 5.41) is 14.1. The number of aliphatic hydroxyl groups is 1. The lowest BCUT2D eigenvalue weighted by molar-refractivity contribution is 0.311. The number of aromatic nitrogens is 2. The number of nitrogens with two attached hydrogens (primary N) is 1. The maximum absolute atomic E-state index is 8.76. The van der Waals surface area contributed by atoms with Gasteiger partial charge in [-0.05, 0) is 24.3 Å². The summed E-state index contributed by atoms with van der Waals surface area (Å²) in [6.07, 6.45) is 0. The highest BCUT2D eigenvalue weighted by Crippen LogP contribution is 2.25.